The van der Waals surface area contributed by atoms with Crippen molar-refractivity contribution in [3.8, 4) is 0 Å². The van der Waals surface area contributed by atoms with Crippen molar-refractivity contribution in [1.82, 2.24) is 14.7 Å². The molecule has 0 spiro atoms. The Morgan fingerprint density at radius 3 is 2.26 bits per heavy atom. The third-order valence-corrected chi connectivity index (χ3v) is 5.45. The highest BCUT2D eigenvalue weighted by Gasteiger charge is 2.39. The van der Waals surface area contributed by atoms with E-state index in [1.165, 1.54) is 7.05 Å². The number of hydrogen-bond acceptors (Lipinski definition) is 4. The van der Waals surface area contributed by atoms with Gasteiger partial charge < -0.3 is 9.80 Å². The molecule has 2 saturated heterocycles. The fraction of sp³-hybridized carbons (Fsp3) is 0.474. The van der Waals surface area contributed by atoms with Crippen LogP contribution in [-0.2, 0) is 9.59 Å². The molecule has 0 saturated carbocycles. The summed E-state index contributed by atoms with van der Waals surface area (Å²) in [5.74, 6) is -0.338. The molecule has 0 atom stereocenters. The van der Waals surface area contributed by atoms with E-state index in [9.17, 15) is 19.2 Å². The number of benzene rings is 1. The van der Waals surface area contributed by atoms with E-state index < -0.39 is 0 Å². The van der Waals surface area contributed by atoms with Crippen LogP contribution in [0.3, 0.4) is 0 Å². The Hall–Kier alpha value is -2.41. The monoisotopic (exact) mass is 391 g/mol. The van der Waals surface area contributed by atoms with Crippen molar-refractivity contribution >= 4 is 35.2 Å². The highest BCUT2D eigenvalue weighted by molar-refractivity contribution is 6.30. The van der Waals surface area contributed by atoms with Crippen molar-refractivity contribution in [2.75, 3.05) is 26.7 Å². The van der Waals surface area contributed by atoms with Crippen molar-refractivity contribution < 1.29 is 19.2 Å². The Balaban J connectivity index is 1.46. The van der Waals surface area contributed by atoms with E-state index >= 15 is 0 Å². The first-order chi connectivity index (χ1) is 12.9. The number of imide groups is 1. The number of halogens is 1. The summed E-state index contributed by atoms with van der Waals surface area (Å²) >= 11 is 5.81. The van der Waals surface area contributed by atoms with Gasteiger partial charge in [-0.3, -0.25) is 19.3 Å². The quantitative estimate of drug-likeness (QED) is 0.569. The van der Waals surface area contributed by atoms with Crippen molar-refractivity contribution in [1.29, 1.82) is 0 Å². The van der Waals surface area contributed by atoms with Gasteiger partial charge in [0.15, 0.2) is 5.78 Å². The molecule has 0 bridgehead atoms. The lowest BCUT2D eigenvalue weighted by Gasteiger charge is -2.36. The maximum absolute atomic E-state index is 12.4. The largest absolute Gasteiger partial charge is 0.343 e. The number of nitrogens with zero attached hydrogens (tertiary/aromatic N) is 3. The number of Topliss-reactive ketones (excluding diaryl/α,β-unsaturated/α-hetero) is 1. The molecule has 0 radical (unpaired) electrons. The topological polar surface area (TPSA) is 78.0 Å². The van der Waals surface area contributed by atoms with E-state index in [0.717, 1.165) is 4.90 Å². The van der Waals surface area contributed by atoms with E-state index in [0.29, 0.717) is 36.5 Å². The van der Waals surface area contributed by atoms with Gasteiger partial charge in [0.2, 0.25) is 11.8 Å². The van der Waals surface area contributed by atoms with Gasteiger partial charge in [-0.1, -0.05) is 11.6 Å². The maximum atomic E-state index is 12.4. The number of urea groups is 1. The first-order valence-corrected chi connectivity index (χ1v) is 9.38. The second-order valence-electron chi connectivity index (χ2n) is 6.91. The highest BCUT2D eigenvalue weighted by Crippen LogP contribution is 2.22. The predicted octanol–water partition coefficient (Wildman–Crippen LogP) is 2.19. The van der Waals surface area contributed by atoms with Crippen LogP contribution in [0.25, 0.3) is 0 Å². The van der Waals surface area contributed by atoms with Crippen molar-refractivity contribution in [3.05, 3.63) is 34.9 Å². The summed E-state index contributed by atoms with van der Waals surface area (Å²) < 4.78 is 0. The Labute approximate surface area is 162 Å². The fourth-order valence-electron chi connectivity index (χ4n) is 3.49. The smallest absolute Gasteiger partial charge is 0.327 e. The van der Waals surface area contributed by atoms with Gasteiger partial charge in [-0.2, -0.15) is 0 Å². The number of carbonyl (C=O) groups is 4. The van der Waals surface area contributed by atoms with E-state index in [2.05, 4.69) is 0 Å². The minimum Gasteiger partial charge on any atom is -0.343 e. The van der Waals surface area contributed by atoms with Crippen molar-refractivity contribution in [3.63, 3.8) is 0 Å². The summed E-state index contributed by atoms with van der Waals surface area (Å²) in [6, 6.07) is 6.34. The molecule has 4 amide bonds. The zero-order valence-electron chi connectivity index (χ0n) is 15.2. The molecule has 0 aromatic heterocycles. The SMILES string of the molecule is CN1C(=O)CN(C2CCN(C(=O)CCC(=O)c3ccc(Cl)cc3)CC2)C1=O. The van der Waals surface area contributed by atoms with Gasteiger partial charge in [-0.15, -0.1) is 0 Å². The van der Waals surface area contributed by atoms with Gasteiger partial charge in [0.1, 0.15) is 6.54 Å². The molecule has 0 N–H and O–H groups in total. The molecule has 0 unspecified atom stereocenters. The van der Waals surface area contributed by atoms with Crippen molar-refractivity contribution in [2.24, 2.45) is 0 Å². The number of rotatable bonds is 5. The predicted molar refractivity (Wildman–Crippen MR) is 99.5 cm³/mol. The van der Waals surface area contributed by atoms with E-state index in [-0.39, 0.29) is 49.1 Å². The average molecular weight is 392 g/mol. The Morgan fingerprint density at radius 2 is 1.70 bits per heavy atom. The van der Waals surface area contributed by atoms with Crippen LogP contribution in [0.2, 0.25) is 5.02 Å². The lowest BCUT2D eigenvalue weighted by molar-refractivity contribution is -0.132. The first kappa shape index (κ1) is 19.4. The molecular weight excluding hydrogens is 370 g/mol. The molecule has 0 aliphatic carbocycles. The van der Waals surface area contributed by atoms with Gasteiger partial charge in [0.25, 0.3) is 0 Å². The zero-order valence-corrected chi connectivity index (χ0v) is 15.9. The first-order valence-electron chi connectivity index (χ1n) is 9.00. The molecule has 1 aromatic carbocycles. The summed E-state index contributed by atoms with van der Waals surface area (Å²) in [6.07, 6.45) is 1.60. The summed E-state index contributed by atoms with van der Waals surface area (Å²) in [4.78, 5) is 52.8. The molecule has 2 aliphatic heterocycles. The minimum absolute atomic E-state index is 0.0221. The van der Waals surface area contributed by atoms with Gasteiger partial charge in [0.05, 0.1) is 0 Å². The Morgan fingerprint density at radius 1 is 1.07 bits per heavy atom. The lowest BCUT2D eigenvalue weighted by atomic mass is 10.0. The maximum Gasteiger partial charge on any atom is 0.327 e. The summed E-state index contributed by atoms with van der Waals surface area (Å²) in [5.41, 5.74) is 0.548. The summed E-state index contributed by atoms with van der Waals surface area (Å²) in [5, 5.41) is 0.565. The number of ketones is 1. The zero-order chi connectivity index (χ0) is 19.6. The second-order valence-corrected chi connectivity index (χ2v) is 7.34. The molecular formula is C19H22ClN3O4. The van der Waals surface area contributed by atoms with E-state index in [4.69, 9.17) is 11.6 Å². The summed E-state index contributed by atoms with van der Waals surface area (Å²) in [7, 11) is 1.49. The molecule has 3 rings (SSSR count). The van der Waals surface area contributed by atoms with Crippen LogP contribution < -0.4 is 0 Å². The number of likely N-dealkylation sites (tertiary alicyclic amines) is 1. The van der Waals surface area contributed by atoms with E-state index in [1.807, 2.05) is 0 Å². The average Bonchev–Trinajstić information content (AvgIpc) is 2.94. The van der Waals surface area contributed by atoms with E-state index in [1.54, 1.807) is 34.1 Å². The van der Waals surface area contributed by atoms with Gasteiger partial charge in [-0.05, 0) is 37.1 Å². The van der Waals surface area contributed by atoms with Gasteiger partial charge in [-0.25, -0.2) is 4.79 Å². The Kier molecular flexibility index (Phi) is 5.79. The molecule has 27 heavy (non-hydrogen) atoms. The van der Waals surface area contributed by atoms with Crippen LogP contribution in [-0.4, -0.2) is 71.1 Å². The van der Waals surface area contributed by atoms with Crippen LogP contribution >= 0.6 is 11.6 Å². The molecule has 8 heteroatoms. The second kappa shape index (κ2) is 8.08. The molecule has 2 aliphatic rings. The van der Waals surface area contributed by atoms with Gasteiger partial charge in [0, 0.05) is 49.6 Å². The third-order valence-electron chi connectivity index (χ3n) is 5.20. The number of carbonyl (C=O) groups excluding carboxylic acids is 4. The normalized spacial score (nSPS) is 18.4. The summed E-state index contributed by atoms with van der Waals surface area (Å²) in [6.45, 7) is 1.17. The highest BCUT2D eigenvalue weighted by atomic mass is 35.5. The van der Waals surface area contributed by atoms with Gasteiger partial charge >= 0.3 is 6.03 Å². The van der Waals surface area contributed by atoms with Crippen LogP contribution in [0.15, 0.2) is 24.3 Å². The van der Waals surface area contributed by atoms with Crippen LogP contribution in [0.5, 0.6) is 0 Å². The van der Waals surface area contributed by atoms with Crippen LogP contribution in [0, 0.1) is 0 Å². The number of likely N-dealkylation sites (N-methyl/N-ethyl adjacent to an activating group) is 1. The molecule has 2 heterocycles. The molecule has 1 aromatic rings. The van der Waals surface area contributed by atoms with Crippen LogP contribution in [0.4, 0.5) is 4.79 Å². The minimum atomic E-state index is -0.265. The third kappa shape index (κ3) is 4.30. The van der Waals surface area contributed by atoms with Crippen LogP contribution in [0.1, 0.15) is 36.0 Å². The number of piperidine rings is 1. The standard InChI is InChI=1S/C19H22ClN3O4/c1-21-18(26)12-23(19(21)27)15-8-10-22(11-9-15)17(25)7-6-16(24)13-2-4-14(20)5-3-13/h2-5,15H,6-12H2,1H3. The lowest BCUT2D eigenvalue weighted by Crippen LogP contribution is -2.47. The fourth-order valence-corrected chi connectivity index (χ4v) is 3.62. The molecule has 144 valence electrons. The molecule has 2 fully saturated rings. The van der Waals surface area contributed by atoms with Crippen molar-refractivity contribution in [2.45, 2.75) is 31.7 Å². The number of hydrogen-bond donors (Lipinski definition) is 0. The Bertz CT molecular complexity index is 757. The molecule has 7 nitrogen and oxygen atoms in total. The number of amides is 4.